The lowest BCUT2D eigenvalue weighted by Gasteiger charge is -2.60. The van der Waals surface area contributed by atoms with Crippen LogP contribution in [-0.2, 0) is 19.1 Å². The summed E-state index contributed by atoms with van der Waals surface area (Å²) in [6.45, 7) is 4.13. The standard InChI is InChI=1S/C28H34N6O6/c1-37-23-9-21(11-31-13-23)33-15-19-5-7-29-17-27(19,33)39-25(35)3-4-26(36)40-28-18-30-8-6-20(28)16-34(28)22-10-24(38-2)14-32-12-22/h3-4,9-14,19-20,29-30H,5-8,15-18H2,1-2H3/b4-3+/t19-,20-,27-,28-/m1/s1. The fraction of sp³-hybridized carbons (Fsp3) is 0.500. The molecule has 4 aliphatic heterocycles. The molecular weight excluding hydrogens is 516 g/mol. The predicted octanol–water partition coefficient (Wildman–Crippen LogP) is 1.09. The van der Waals surface area contributed by atoms with E-state index in [2.05, 4.69) is 20.6 Å². The van der Waals surface area contributed by atoms with Gasteiger partial charge in [-0.05, 0) is 25.9 Å². The highest BCUT2D eigenvalue weighted by atomic mass is 16.6. The van der Waals surface area contributed by atoms with E-state index in [9.17, 15) is 9.59 Å². The topological polar surface area (TPSA) is 127 Å². The molecule has 4 aliphatic rings. The van der Waals surface area contributed by atoms with Gasteiger partial charge in [0, 0.05) is 49.2 Å². The molecule has 0 radical (unpaired) electrons. The number of hydrogen-bond donors (Lipinski definition) is 2. The number of methoxy groups -OCH3 is 2. The lowest BCUT2D eigenvalue weighted by molar-refractivity contribution is -0.177. The zero-order valence-electron chi connectivity index (χ0n) is 22.7. The van der Waals surface area contributed by atoms with Crippen molar-refractivity contribution < 1.29 is 28.5 Å². The maximum absolute atomic E-state index is 13.1. The molecule has 2 aromatic rings. The minimum absolute atomic E-state index is 0.164. The Bertz CT molecular complexity index is 1210. The number of hydrogen-bond acceptors (Lipinski definition) is 12. The van der Waals surface area contributed by atoms with E-state index in [0.29, 0.717) is 24.6 Å². The average Bonchev–Trinajstić information content (AvgIpc) is 2.96. The van der Waals surface area contributed by atoms with E-state index >= 15 is 0 Å². The number of carbonyl (C=O) groups is 2. The summed E-state index contributed by atoms with van der Waals surface area (Å²) in [4.78, 5) is 38.7. The van der Waals surface area contributed by atoms with Crippen LogP contribution in [0.25, 0.3) is 0 Å². The average molecular weight is 551 g/mol. The van der Waals surface area contributed by atoms with Crippen LogP contribution in [0.1, 0.15) is 12.8 Å². The third-order valence-electron chi connectivity index (χ3n) is 8.49. The van der Waals surface area contributed by atoms with Crippen molar-refractivity contribution in [2.75, 3.05) is 63.3 Å². The van der Waals surface area contributed by atoms with Gasteiger partial charge >= 0.3 is 11.9 Å². The van der Waals surface area contributed by atoms with Crippen molar-refractivity contribution in [3.63, 3.8) is 0 Å². The zero-order chi connectivity index (χ0) is 27.7. The summed E-state index contributed by atoms with van der Waals surface area (Å²) in [5.74, 6) is 0.361. The van der Waals surface area contributed by atoms with E-state index < -0.39 is 23.4 Å². The first-order valence-electron chi connectivity index (χ1n) is 13.6. The van der Waals surface area contributed by atoms with Gasteiger partial charge in [-0.2, -0.15) is 0 Å². The summed E-state index contributed by atoms with van der Waals surface area (Å²) in [6.07, 6.45) is 10.8. The number of anilines is 2. The molecular formula is C28H34N6O6. The van der Waals surface area contributed by atoms with Crippen LogP contribution >= 0.6 is 0 Å². The first-order valence-corrected chi connectivity index (χ1v) is 13.6. The molecule has 4 fully saturated rings. The second-order valence-corrected chi connectivity index (χ2v) is 10.6. The molecule has 2 aromatic heterocycles. The van der Waals surface area contributed by atoms with Crippen LogP contribution in [0.5, 0.6) is 11.5 Å². The van der Waals surface area contributed by atoms with Gasteiger partial charge in [0.05, 0.1) is 63.5 Å². The lowest BCUT2D eigenvalue weighted by Crippen LogP contribution is -2.76. The normalized spacial score (nSPS) is 28.9. The second-order valence-electron chi connectivity index (χ2n) is 10.6. The molecule has 0 bridgehead atoms. The molecule has 4 saturated heterocycles. The molecule has 2 N–H and O–H groups in total. The summed E-state index contributed by atoms with van der Waals surface area (Å²) in [5, 5.41) is 6.69. The van der Waals surface area contributed by atoms with Crippen LogP contribution in [0.3, 0.4) is 0 Å². The molecule has 40 heavy (non-hydrogen) atoms. The molecule has 212 valence electrons. The molecule has 0 spiro atoms. The minimum atomic E-state index is -0.862. The van der Waals surface area contributed by atoms with Crippen LogP contribution in [-0.4, -0.2) is 86.8 Å². The Kier molecular flexibility index (Phi) is 6.97. The maximum atomic E-state index is 13.1. The Morgan fingerprint density at radius 2 is 1.25 bits per heavy atom. The summed E-state index contributed by atoms with van der Waals surface area (Å²) >= 11 is 0. The van der Waals surface area contributed by atoms with Crippen LogP contribution in [0.2, 0.25) is 0 Å². The van der Waals surface area contributed by atoms with Crippen LogP contribution in [0, 0.1) is 11.8 Å². The Balaban J connectivity index is 1.15. The third-order valence-corrected chi connectivity index (χ3v) is 8.49. The first-order chi connectivity index (χ1) is 19.5. The van der Waals surface area contributed by atoms with Crippen molar-refractivity contribution in [3.05, 3.63) is 49.1 Å². The molecule has 4 atom stereocenters. The number of nitrogens with one attached hydrogen (secondary N) is 2. The number of pyridine rings is 2. The minimum Gasteiger partial charge on any atom is -0.495 e. The molecule has 0 amide bonds. The quantitative estimate of drug-likeness (QED) is 0.361. The van der Waals surface area contributed by atoms with Gasteiger partial charge in [-0.1, -0.05) is 0 Å². The number of nitrogens with zero attached hydrogens (tertiary/aromatic N) is 4. The molecule has 6 rings (SSSR count). The summed E-state index contributed by atoms with van der Waals surface area (Å²) in [7, 11) is 3.17. The fourth-order valence-electron chi connectivity index (χ4n) is 6.33. The van der Waals surface area contributed by atoms with Gasteiger partial charge in [0.15, 0.2) is 0 Å². The van der Waals surface area contributed by atoms with Gasteiger partial charge in [0.2, 0.25) is 11.4 Å². The van der Waals surface area contributed by atoms with Crippen molar-refractivity contribution >= 4 is 23.3 Å². The monoisotopic (exact) mass is 550 g/mol. The number of carbonyl (C=O) groups excluding carboxylic acids is 2. The van der Waals surface area contributed by atoms with E-state index in [-0.39, 0.29) is 11.8 Å². The van der Waals surface area contributed by atoms with Gasteiger partial charge in [0.1, 0.15) is 11.5 Å². The van der Waals surface area contributed by atoms with Crippen molar-refractivity contribution in [1.29, 1.82) is 0 Å². The summed E-state index contributed by atoms with van der Waals surface area (Å²) < 4.78 is 22.8. The summed E-state index contributed by atoms with van der Waals surface area (Å²) in [5.41, 5.74) is -0.109. The second kappa shape index (κ2) is 10.6. The van der Waals surface area contributed by atoms with Crippen molar-refractivity contribution in [1.82, 2.24) is 20.6 Å². The highest BCUT2D eigenvalue weighted by Crippen LogP contribution is 2.46. The van der Waals surface area contributed by atoms with E-state index in [1.165, 1.54) is 0 Å². The van der Waals surface area contributed by atoms with Crippen molar-refractivity contribution in [2.45, 2.75) is 24.3 Å². The Hall–Kier alpha value is -3.90. The zero-order valence-corrected chi connectivity index (χ0v) is 22.7. The number of fused-ring (bicyclic) bond motifs is 2. The Labute approximate surface area is 232 Å². The predicted molar refractivity (Wildman–Crippen MR) is 145 cm³/mol. The van der Waals surface area contributed by atoms with Crippen molar-refractivity contribution in [3.8, 4) is 11.5 Å². The number of rotatable bonds is 8. The van der Waals surface area contributed by atoms with Gasteiger partial charge in [0.25, 0.3) is 0 Å². The maximum Gasteiger partial charge on any atom is 0.333 e. The SMILES string of the molecule is COc1cncc(N2C[C@H]3CCNC[C@@]32OC(=O)/C=C/C(=O)O[C@]23CNCC[C@@H]2CN3c2cncc(OC)c2)c1. The molecule has 0 aliphatic carbocycles. The van der Waals surface area contributed by atoms with E-state index in [4.69, 9.17) is 18.9 Å². The highest BCUT2D eigenvalue weighted by molar-refractivity contribution is 5.92. The molecule has 0 saturated carbocycles. The van der Waals surface area contributed by atoms with Crippen LogP contribution < -0.4 is 29.9 Å². The van der Waals surface area contributed by atoms with E-state index in [1.807, 2.05) is 21.9 Å². The van der Waals surface area contributed by atoms with Crippen LogP contribution in [0.4, 0.5) is 11.4 Å². The number of aromatic nitrogens is 2. The third kappa shape index (κ3) is 4.50. The van der Waals surface area contributed by atoms with E-state index in [1.54, 1.807) is 39.0 Å². The lowest BCUT2D eigenvalue weighted by atomic mass is 9.78. The summed E-state index contributed by atoms with van der Waals surface area (Å²) in [6, 6.07) is 3.74. The molecule has 0 unspecified atom stereocenters. The smallest absolute Gasteiger partial charge is 0.333 e. The highest BCUT2D eigenvalue weighted by Gasteiger charge is 2.59. The Morgan fingerprint density at radius 3 is 1.65 bits per heavy atom. The first kappa shape index (κ1) is 26.3. The molecule has 6 heterocycles. The number of piperidine rings is 2. The van der Waals surface area contributed by atoms with Crippen LogP contribution in [0.15, 0.2) is 49.1 Å². The largest absolute Gasteiger partial charge is 0.495 e. The fourth-order valence-corrected chi connectivity index (χ4v) is 6.33. The van der Waals surface area contributed by atoms with E-state index in [0.717, 1.165) is 62.5 Å². The molecule has 12 heteroatoms. The molecule has 0 aromatic carbocycles. The number of ether oxygens (including phenoxy) is 4. The Morgan fingerprint density at radius 1 is 0.800 bits per heavy atom. The van der Waals surface area contributed by atoms with Gasteiger partial charge in [-0.15, -0.1) is 0 Å². The van der Waals surface area contributed by atoms with Crippen molar-refractivity contribution in [2.24, 2.45) is 11.8 Å². The van der Waals surface area contributed by atoms with Gasteiger partial charge in [-0.25, -0.2) is 9.59 Å². The molecule has 12 nitrogen and oxygen atoms in total. The van der Waals surface area contributed by atoms with Gasteiger partial charge in [-0.3, -0.25) is 9.97 Å². The van der Waals surface area contributed by atoms with Gasteiger partial charge < -0.3 is 39.4 Å². The number of esters is 2.